The van der Waals surface area contributed by atoms with Crippen molar-refractivity contribution in [3.63, 3.8) is 0 Å². The van der Waals surface area contributed by atoms with Gasteiger partial charge in [-0.2, -0.15) is 10.2 Å². The van der Waals surface area contributed by atoms with E-state index in [0.29, 0.717) is 17.0 Å². The number of pyridine rings is 1. The summed E-state index contributed by atoms with van der Waals surface area (Å²) in [5.74, 6) is -2.16. The molecule has 3 aromatic heterocycles. The van der Waals surface area contributed by atoms with E-state index in [1.165, 1.54) is 11.6 Å². The lowest BCUT2D eigenvalue weighted by molar-refractivity contribution is -0.0218. The Morgan fingerprint density at radius 2 is 2.12 bits per heavy atom. The number of aromatic nitrogens is 5. The molecule has 3 heterocycles. The van der Waals surface area contributed by atoms with E-state index < -0.39 is 12.5 Å². The zero-order valence-corrected chi connectivity index (χ0v) is 14.4. The third-order valence-corrected chi connectivity index (χ3v) is 4.42. The van der Waals surface area contributed by atoms with Gasteiger partial charge in [-0.25, -0.2) is 8.78 Å². The Morgan fingerprint density at radius 1 is 1.27 bits per heavy atom. The van der Waals surface area contributed by atoms with Gasteiger partial charge < -0.3 is 5.32 Å². The number of fused-ring (bicyclic) bond motifs is 2. The number of H-pyrrole nitrogens is 1. The van der Waals surface area contributed by atoms with Crippen LogP contribution >= 0.6 is 0 Å². The first kappa shape index (κ1) is 16.4. The molecule has 134 valence electrons. The van der Waals surface area contributed by atoms with Crippen molar-refractivity contribution in [2.45, 2.75) is 32.7 Å². The Morgan fingerprint density at radius 3 is 2.92 bits per heavy atom. The van der Waals surface area contributed by atoms with Gasteiger partial charge in [0.15, 0.2) is 5.82 Å². The van der Waals surface area contributed by atoms with Gasteiger partial charge in [0, 0.05) is 23.7 Å². The first-order valence-corrected chi connectivity index (χ1v) is 8.38. The molecule has 0 aliphatic heterocycles. The molecule has 0 atom stereocenters. The highest BCUT2D eigenvalue weighted by Gasteiger charge is 2.28. The number of nitrogens with one attached hydrogen (secondary N) is 2. The number of alkyl halides is 2. The Bertz CT molecular complexity index is 1080. The SMILES string of the molecule is CCC(F)(F)Cn1nc(C)c2cc(Nc3n[nH]c4cccnc34)ccc21. The molecule has 6 nitrogen and oxygen atoms in total. The molecule has 0 fully saturated rings. The van der Waals surface area contributed by atoms with Crippen LogP contribution in [0.15, 0.2) is 36.5 Å². The quantitative estimate of drug-likeness (QED) is 0.556. The molecule has 4 rings (SSSR count). The van der Waals surface area contributed by atoms with Gasteiger partial charge in [0.25, 0.3) is 5.92 Å². The van der Waals surface area contributed by atoms with E-state index in [0.717, 1.165) is 22.1 Å². The minimum atomic E-state index is -2.78. The molecule has 2 N–H and O–H groups in total. The summed E-state index contributed by atoms with van der Waals surface area (Å²) in [7, 11) is 0. The van der Waals surface area contributed by atoms with Crippen LogP contribution in [0.3, 0.4) is 0 Å². The van der Waals surface area contributed by atoms with E-state index in [4.69, 9.17) is 0 Å². The summed E-state index contributed by atoms with van der Waals surface area (Å²) >= 11 is 0. The second-order valence-corrected chi connectivity index (χ2v) is 6.28. The number of halogens is 2. The third kappa shape index (κ3) is 2.87. The number of hydrogen-bond acceptors (Lipinski definition) is 4. The van der Waals surface area contributed by atoms with Gasteiger partial charge in [-0.3, -0.25) is 14.8 Å². The van der Waals surface area contributed by atoms with Crippen LogP contribution in [0.5, 0.6) is 0 Å². The van der Waals surface area contributed by atoms with Gasteiger partial charge in [0.2, 0.25) is 0 Å². The van der Waals surface area contributed by atoms with Crippen LogP contribution in [0.4, 0.5) is 20.3 Å². The van der Waals surface area contributed by atoms with Crippen LogP contribution in [0.25, 0.3) is 21.9 Å². The van der Waals surface area contributed by atoms with E-state index in [1.54, 1.807) is 12.3 Å². The zero-order valence-electron chi connectivity index (χ0n) is 14.4. The highest BCUT2D eigenvalue weighted by molar-refractivity contribution is 5.90. The maximum atomic E-state index is 13.8. The average Bonchev–Trinajstić information content (AvgIpc) is 3.17. The largest absolute Gasteiger partial charge is 0.337 e. The minimum Gasteiger partial charge on any atom is -0.337 e. The summed E-state index contributed by atoms with van der Waals surface area (Å²) in [6.45, 7) is 2.87. The van der Waals surface area contributed by atoms with Gasteiger partial charge in [-0.15, -0.1) is 0 Å². The van der Waals surface area contributed by atoms with Gasteiger partial charge in [0.05, 0.1) is 16.7 Å². The van der Waals surface area contributed by atoms with Crippen LogP contribution in [-0.4, -0.2) is 30.9 Å². The topological polar surface area (TPSA) is 71.4 Å². The molecule has 0 spiro atoms. The lowest BCUT2D eigenvalue weighted by Crippen LogP contribution is -2.23. The molecule has 0 aliphatic carbocycles. The lowest BCUT2D eigenvalue weighted by Gasteiger charge is -2.14. The molecule has 4 aromatic rings. The van der Waals surface area contributed by atoms with Crippen molar-refractivity contribution in [3.8, 4) is 0 Å². The van der Waals surface area contributed by atoms with E-state index in [2.05, 4.69) is 25.6 Å². The Balaban J connectivity index is 1.69. The molecule has 8 heteroatoms. The van der Waals surface area contributed by atoms with Crippen LogP contribution in [0.2, 0.25) is 0 Å². The number of aryl methyl sites for hydroxylation is 1. The Labute approximate surface area is 148 Å². The van der Waals surface area contributed by atoms with Gasteiger partial charge in [0.1, 0.15) is 12.1 Å². The molecule has 0 radical (unpaired) electrons. The van der Waals surface area contributed by atoms with E-state index in [1.807, 2.05) is 31.2 Å². The van der Waals surface area contributed by atoms with Crippen LogP contribution in [0, 0.1) is 6.92 Å². The van der Waals surface area contributed by atoms with E-state index in [-0.39, 0.29) is 6.42 Å². The van der Waals surface area contributed by atoms with Crippen LogP contribution in [-0.2, 0) is 6.54 Å². The summed E-state index contributed by atoms with van der Waals surface area (Å²) in [6.07, 6.45) is 1.49. The third-order valence-electron chi connectivity index (χ3n) is 4.42. The summed E-state index contributed by atoms with van der Waals surface area (Å²) < 4.78 is 28.9. The van der Waals surface area contributed by atoms with Crippen molar-refractivity contribution in [1.82, 2.24) is 25.0 Å². The van der Waals surface area contributed by atoms with Crippen molar-refractivity contribution in [1.29, 1.82) is 0 Å². The fourth-order valence-corrected chi connectivity index (χ4v) is 2.95. The van der Waals surface area contributed by atoms with E-state index in [9.17, 15) is 8.78 Å². The second kappa shape index (κ2) is 6.05. The molecular formula is C18H18F2N6. The molecular weight excluding hydrogens is 338 g/mol. The fourth-order valence-electron chi connectivity index (χ4n) is 2.95. The first-order valence-electron chi connectivity index (χ1n) is 8.38. The zero-order chi connectivity index (χ0) is 18.3. The number of rotatable bonds is 5. The molecule has 0 saturated heterocycles. The highest BCUT2D eigenvalue weighted by Crippen LogP contribution is 2.28. The van der Waals surface area contributed by atoms with E-state index >= 15 is 0 Å². The maximum Gasteiger partial charge on any atom is 0.267 e. The highest BCUT2D eigenvalue weighted by atomic mass is 19.3. The van der Waals surface area contributed by atoms with Crippen molar-refractivity contribution in [2.24, 2.45) is 0 Å². The summed E-state index contributed by atoms with van der Waals surface area (Å²) in [6, 6.07) is 9.24. The van der Waals surface area contributed by atoms with Crippen molar-refractivity contribution >= 4 is 33.4 Å². The molecule has 0 unspecified atom stereocenters. The second-order valence-electron chi connectivity index (χ2n) is 6.28. The molecule has 26 heavy (non-hydrogen) atoms. The fraction of sp³-hybridized carbons (Fsp3) is 0.278. The maximum absolute atomic E-state index is 13.8. The first-order chi connectivity index (χ1) is 12.5. The van der Waals surface area contributed by atoms with Crippen molar-refractivity contribution in [3.05, 3.63) is 42.2 Å². The normalized spacial score (nSPS) is 12.2. The van der Waals surface area contributed by atoms with Gasteiger partial charge >= 0.3 is 0 Å². The molecule has 1 aromatic carbocycles. The number of hydrogen-bond donors (Lipinski definition) is 2. The Hall–Kier alpha value is -3.03. The number of benzene rings is 1. The molecule has 0 saturated carbocycles. The van der Waals surface area contributed by atoms with Crippen LogP contribution in [0.1, 0.15) is 19.0 Å². The lowest BCUT2D eigenvalue weighted by atomic mass is 10.2. The smallest absolute Gasteiger partial charge is 0.267 e. The number of aromatic amines is 1. The summed E-state index contributed by atoms with van der Waals surface area (Å²) in [5.41, 5.74) is 3.76. The summed E-state index contributed by atoms with van der Waals surface area (Å²) in [5, 5.41) is 15.5. The average molecular weight is 356 g/mol. The predicted molar refractivity (Wildman–Crippen MR) is 96.9 cm³/mol. The molecule has 0 amide bonds. The van der Waals surface area contributed by atoms with Crippen LogP contribution < -0.4 is 5.32 Å². The Kier molecular flexibility index (Phi) is 3.82. The summed E-state index contributed by atoms with van der Waals surface area (Å²) in [4.78, 5) is 4.31. The minimum absolute atomic E-state index is 0.216. The number of anilines is 2. The van der Waals surface area contributed by atoms with Gasteiger partial charge in [-0.1, -0.05) is 6.92 Å². The molecule has 0 bridgehead atoms. The standard InChI is InChI=1S/C18H18F2N6/c1-3-18(19,20)10-26-15-7-6-12(9-13(15)11(2)25-26)22-17-16-14(23-24-17)5-4-8-21-16/h4-9H,3,10H2,1-2H3,(H2,22,23,24). The van der Waals surface area contributed by atoms with Gasteiger partial charge in [-0.05, 0) is 37.3 Å². The predicted octanol–water partition coefficient (Wildman–Crippen LogP) is 4.40. The van der Waals surface area contributed by atoms with Crippen molar-refractivity contribution < 1.29 is 8.78 Å². The molecule has 0 aliphatic rings. The monoisotopic (exact) mass is 356 g/mol. The number of nitrogens with zero attached hydrogens (tertiary/aromatic N) is 4. The van der Waals surface area contributed by atoms with Crippen molar-refractivity contribution in [2.75, 3.05) is 5.32 Å².